The van der Waals surface area contributed by atoms with Gasteiger partial charge >= 0.3 is 5.97 Å². The summed E-state index contributed by atoms with van der Waals surface area (Å²) in [7, 11) is 0. The van der Waals surface area contributed by atoms with Crippen LogP contribution in [0.15, 0.2) is 0 Å². The molecule has 1 aromatic carbocycles. The van der Waals surface area contributed by atoms with Crippen LogP contribution >= 0.6 is 0 Å². The Kier molecular flexibility index (Phi) is 4.59. The van der Waals surface area contributed by atoms with E-state index in [1.165, 1.54) is 6.92 Å². The van der Waals surface area contributed by atoms with E-state index in [4.69, 9.17) is 9.47 Å². The second-order valence-corrected chi connectivity index (χ2v) is 6.31. The van der Waals surface area contributed by atoms with E-state index in [2.05, 4.69) is 13.8 Å². The molecule has 0 aliphatic carbocycles. The first-order valence-electron chi connectivity index (χ1n) is 7.81. The van der Waals surface area contributed by atoms with Crippen molar-refractivity contribution in [3.05, 3.63) is 22.3 Å². The summed E-state index contributed by atoms with van der Waals surface area (Å²) in [5, 5.41) is 0. The maximum atomic E-state index is 11.5. The van der Waals surface area contributed by atoms with Crippen molar-refractivity contribution >= 4 is 12.3 Å². The zero-order chi connectivity index (χ0) is 16.5. The van der Waals surface area contributed by atoms with E-state index in [1.807, 2.05) is 13.8 Å². The highest BCUT2D eigenvalue weighted by Gasteiger charge is 2.34. The number of aldehydes is 1. The lowest BCUT2D eigenvalue weighted by atomic mass is 9.85. The standard InChI is InChI=1S/C18H24O4/c1-6-8-18(5)9-7-14-11(2)16(21-13(4)20)15(10-19)12(3)17(14)22-18/h10H,6-9H2,1-5H3. The Morgan fingerprint density at radius 2 is 2.05 bits per heavy atom. The fourth-order valence-electron chi connectivity index (χ4n) is 3.28. The third-order valence-electron chi connectivity index (χ3n) is 4.45. The van der Waals surface area contributed by atoms with E-state index >= 15 is 0 Å². The molecule has 0 aromatic heterocycles. The number of rotatable bonds is 4. The molecule has 1 heterocycles. The maximum absolute atomic E-state index is 11.5. The molecule has 0 amide bonds. The highest BCUT2D eigenvalue weighted by atomic mass is 16.5. The first-order chi connectivity index (χ1) is 10.3. The molecule has 0 bridgehead atoms. The molecule has 0 spiro atoms. The highest BCUT2D eigenvalue weighted by Crippen LogP contribution is 2.44. The molecule has 1 aliphatic rings. The molecule has 0 saturated heterocycles. The molecule has 120 valence electrons. The number of carbonyl (C=O) groups excluding carboxylic acids is 2. The van der Waals surface area contributed by atoms with Gasteiger partial charge in [-0.05, 0) is 45.6 Å². The first-order valence-corrected chi connectivity index (χ1v) is 7.81. The van der Waals surface area contributed by atoms with Crippen LogP contribution in [-0.4, -0.2) is 17.9 Å². The van der Waals surface area contributed by atoms with Gasteiger partial charge in [0.25, 0.3) is 0 Å². The average molecular weight is 304 g/mol. The lowest BCUT2D eigenvalue weighted by Gasteiger charge is -2.38. The molecule has 1 unspecified atom stereocenters. The van der Waals surface area contributed by atoms with Crippen LogP contribution < -0.4 is 9.47 Å². The number of benzene rings is 1. The predicted molar refractivity (Wildman–Crippen MR) is 84.9 cm³/mol. The van der Waals surface area contributed by atoms with Crippen molar-refractivity contribution in [3.8, 4) is 11.5 Å². The second kappa shape index (κ2) is 6.11. The fourth-order valence-corrected chi connectivity index (χ4v) is 3.28. The third-order valence-corrected chi connectivity index (χ3v) is 4.45. The summed E-state index contributed by atoms with van der Waals surface area (Å²) < 4.78 is 11.6. The third kappa shape index (κ3) is 2.87. The summed E-state index contributed by atoms with van der Waals surface area (Å²) >= 11 is 0. The van der Waals surface area contributed by atoms with Gasteiger partial charge in [-0.25, -0.2) is 0 Å². The largest absolute Gasteiger partial charge is 0.487 e. The van der Waals surface area contributed by atoms with E-state index in [-0.39, 0.29) is 5.60 Å². The molecule has 0 radical (unpaired) electrons. The van der Waals surface area contributed by atoms with Crippen molar-refractivity contribution < 1.29 is 19.1 Å². The summed E-state index contributed by atoms with van der Waals surface area (Å²) in [5.41, 5.74) is 2.85. The lowest BCUT2D eigenvalue weighted by molar-refractivity contribution is -0.131. The van der Waals surface area contributed by atoms with Crippen LogP contribution in [0.2, 0.25) is 0 Å². The van der Waals surface area contributed by atoms with Crippen LogP contribution in [0.25, 0.3) is 0 Å². The normalized spacial score (nSPS) is 20.0. The van der Waals surface area contributed by atoms with Gasteiger partial charge in [0.05, 0.1) is 5.56 Å². The number of hydrogen-bond acceptors (Lipinski definition) is 4. The topological polar surface area (TPSA) is 52.6 Å². The number of esters is 1. The molecule has 1 aliphatic heterocycles. The van der Waals surface area contributed by atoms with Gasteiger partial charge in [-0.1, -0.05) is 13.3 Å². The summed E-state index contributed by atoms with van der Waals surface area (Å²) in [4.78, 5) is 22.8. The van der Waals surface area contributed by atoms with Gasteiger partial charge in [-0.3, -0.25) is 9.59 Å². The van der Waals surface area contributed by atoms with Crippen LogP contribution in [0.1, 0.15) is 67.1 Å². The van der Waals surface area contributed by atoms with Gasteiger partial charge in [0.1, 0.15) is 17.1 Å². The molecule has 1 aromatic rings. The molecule has 0 N–H and O–H groups in total. The highest BCUT2D eigenvalue weighted by molar-refractivity contribution is 5.87. The second-order valence-electron chi connectivity index (χ2n) is 6.31. The predicted octanol–water partition coefficient (Wildman–Crippen LogP) is 3.93. The van der Waals surface area contributed by atoms with Crippen molar-refractivity contribution in [2.24, 2.45) is 0 Å². The van der Waals surface area contributed by atoms with Crippen LogP contribution in [0.3, 0.4) is 0 Å². The number of ether oxygens (including phenoxy) is 2. The van der Waals surface area contributed by atoms with Crippen molar-refractivity contribution in [2.75, 3.05) is 0 Å². The lowest BCUT2D eigenvalue weighted by Crippen LogP contribution is -2.37. The summed E-state index contributed by atoms with van der Waals surface area (Å²) in [6.07, 6.45) is 4.57. The number of carbonyl (C=O) groups is 2. The Labute approximate surface area is 131 Å². The van der Waals surface area contributed by atoms with Gasteiger partial charge in [0.2, 0.25) is 0 Å². The van der Waals surface area contributed by atoms with E-state index in [0.717, 1.165) is 54.4 Å². The van der Waals surface area contributed by atoms with E-state index < -0.39 is 5.97 Å². The van der Waals surface area contributed by atoms with Crippen LogP contribution in [-0.2, 0) is 11.2 Å². The monoisotopic (exact) mass is 304 g/mol. The van der Waals surface area contributed by atoms with Crippen molar-refractivity contribution in [3.63, 3.8) is 0 Å². The van der Waals surface area contributed by atoms with Crippen LogP contribution in [0, 0.1) is 13.8 Å². The summed E-state index contributed by atoms with van der Waals surface area (Å²) in [5.74, 6) is 0.747. The fraction of sp³-hybridized carbons (Fsp3) is 0.556. The molecule has 0 saturated carbocycles. The van der Waals surface area contributed by atoms with Crippen LogP contribution in [0.5, 0.6) is 11.5 Å². The molecule has 4 nitrogen and oxygen atoms in total. The molecular formula is C18H24O4. The quantitative estimate of drug-likeness (QED) is 0.480. The van der Waals surface area contributed by atoms with E-state index in [0.29, 0.717) is 11.3 Å². The van der Waals surface area contributed by atoms with Crippen molar-refractivity contribution in [1.29, 1.82) is 0 Å². The SMILES string of the molecule is CCCC1(C)CCc2c(C)c(OC(C)=O)c(C=O)c(C)c2O1. The average Bonchev–Trinajstić information content (AvgIpc) is 2.44. The molecule has 2 rings (SSSR count). The summed E-state index contributed by atoms with van der Waals surface area (Å²) in [6, 6.07) is 0. The summed E-state index contributed by atoms with van der Waals surface area (Å²) in [6.45, 7) is 9.34. The molecule has 4 heteroatoms. The van der Waals surface area contributed by atoms with Crippen LogP contribution in [0.4, 0.5) is 0 Å². The Bertz CT molecular complexity index is 618. The van der Waals surface area contributed by atoms with Gasteiger partial charge in [0, 0.05) is 18.1 Å². The van der Waals surface area contributed by atoms with E-state index in [9.17, 15) is 9.59 Å². The minimum absolute atomic E-state index is 0.192. The molecule has 22 heavy (non-hydrogen) atoms. The van der Waals surface area contributed by atoms with Gasteiger partial charge in [-0.2, -0.15) is 0 Å². The molecular weight excluding hydrogens is 280 g/mol. The minimum Gasteiger partial charge on any atom is -0.487 e. The number of fused-ring (bicyclic) bond motifs is 1. The Morgan fingerprint density at radius 1 is 1.36 bits per heavy atom. The van der Waals surface area contributed by atoms with Crippen molar-refractivity contribution in [1.82, 2.24) is 0 Å². The van der Waals surface area contributed by atoms with Gasteiger partial charge in [-0.15, -0.1) is 0 Å². The first kappa shape index (κ1) is 16.5. The Hall–Kier alpha value is -1.84. The minimum atomic E-state index is -0.418. The number of hydrogen-bond donors (Lipinski definition) is 0. The zero-order valence-electron chi connectivity index (χ0n) is 14.0. The van der Waals surface area contributed by atoms with Gasteiger partial charge < -0.3 is 9.47 Å². The van der Waals surface area contributed by atoms with E-state index in [1.54, 1.807) is 0 Å². The molecule has 1 atom stereocenters. The van der Waals surface area contributed by atoms with Gasteiger partial charge in [0.15, 0.2) is 6.29 Å². The van der Waals surface area contributed by atoms with Crippen molar-refractivity contribution in [2.45, 2.75) is 65.9 Å². The Morgan fingerprint density at radius 3 is 2.59 bits per heavy atom. The molecule has 0 fully saturated rings. The maximum Gasteiger partial charge on any atom is 0.308 e. The smallest absolute Gasteiger partial charge is 0.308 e. The zero-order valence-corrected chi connectivity index (χ0v) is 14.0. The Balaban J connectivity index is 2.58.